The summed E-state index contributed by atoms with van der Waals surface area (Å²) in [6.45, 7) is 0. The van der Waals surface area contributed by atoms with Gasteiger partial charge in [0.25, 0.3) is 10.0 Å². The second kappa shape index (κ2) is 8.37. The number of nitrogens with one attached hydrogen (secondary N) is 2. The SMILES string of the molecule is O=S(=O)(Nc1cccc2nc(NC3CCCCCC3)ccc12)c1ccc(F)cc1. The Hall–Kier alpha value is -2.67. The molecule has 4 rings (SSSR count). The van der Waals surface area contributed by atoms with Crippen LogP contribution < -0.4 is 10.0 Å². The summed E-state index contributed by atoms with van der Waals surface area (Å²) < 4.78 is 41.0. The van der Waals surface area contributed by atoms with Crippen LogP contribution in [0.3, 0.4) is 0 Å². The zero-order valence-electron chi connectivity index (χ0n) is 16.1. The van der Waals surface area contributed by atoms with E-state index in [0.29, 0.717) is 22.6 Å². The quantitative estimate of drug-likeness (QED) is 0.556. The number of anilines is 2. The van der Waals surface area contributed by atoms with Crippen molar-refractivity contribution in [1.29, 1.82) is 0 Å². The van der Waals surface area contributed by atoms with Crippen molar-refractivity contribution in [3.8, 4) is 0 Å². The van der Waals surface area contributed by atoms with Gasteiger partial charge < -0.3 is 5.32 Å². The Morgan fingerprint density at radius 3 is 2.34 bits per heavy atom. The molecule has 3 aromatic rings. The largest absolute Gasteiger partial charge is 0.367 e. The first-order valence-corrected chi connectivity index (χ1v) is 11.4. The Kier molecular flexibility index (Phi) is 5.67. The van der Waals surface area contributed by atoms with Gasteiger partial charge in [0.05, 0.1) is 16.1 Å². The molecule has 1 fully saturated rings. The van der Waals surface area contributed by atoms with Gasteiger partial charge in [-0.25, -0.2) is 17.8 Å². The van der Waals surface area contributed by atoms with Crippen LogP contribution in [0.5, 0.6) is 0 Å². The Bertz CT molecular complexity index is 1090. The van der Waals surface area contributed by atoms with Gasteiger partial charge in [-0.2, -0.15) is 0 Å². The highest BCUT2D eigenvalue weighted by Gasteiger charge is 2.17. The Morgan fingerprint density at radius 1 is 0.897 bits per heavy atom. The summed E-state index contributed by atoms with van der Waals surface area (Å²) in [5, 5.41) is 4.24. The van der Waals surface area contributed by atoms with Crippen LogP contribution in [0.15, 0.2) is 59.5 Å². The molecule has 1 saturated carbocycles. The van der Waals surface area contributed by atoms with Gasteiger partial charge in [0.2, 0.25) is 0 Å². The number of hydrogen-bond donors (Lipinski definition) is 2. The van der Waals surface area contributed by atoms with Crippen LogP contribution in [-0.4, -0.2) is 19.4 Å². The summed E-state index contributed by atoms with van der Waals surface area (Å²) in [5.74, 6) is 0.329. The third-order valence-corrected chi connectivity index (χ3v) is 6.69. The number of halogens is 1. The zero-order chi connectivity index (χ0) is 20.3. The number of benzene rings is 2. The lowest BCUT2D eigenvalue weighted by Crippen LogP contribution is -2.19. The van der Waals surface area contributed by atoms with Crippen molar-refractivity contribution in [3.63, 3.8) is 0 Å². The van der Waals surface area contributed by atoms with Crippen LogP contribution in [0.25, 0.3) is 10.9 Å². The molecule has 2 aromatic carbocycles. The van der Waals surface area contributed by atoms with Gasteiger partial charge in [-0.3, -0.25) is 4.72 Å². The van der Waals surface area contributed by atoms with Gasteiger partial charge in [0.1, 0.15) is 11.6 Å². The lowest BCUT2D eigenvalue weighted by Gasteiger charge is -2.17. The van der Waals surface area contributed by atoms with E-state index in [1.54, 1.807) is 12.1 Å². The third kappa shape index (κ3) is 4.67. The van der Waals surface area contributed by atoms with E-state index in [-0.39, 0.29) is 4.90 Å². The van der Waals surface area contributed by atoms with Crippen molar-refractivity contribution >= 4 is 32.4 Å². The van der Waals surface area contributed by atoms with Gasteiger partial charge in [0, 0.05) is 11.4 Å². The highest BCUT2D eigenvalue weighted by molar-refractivity contribution is 7.92. The number of sulfonamides is 1. The molecule has 0 unspecified atom stereocenters. The Labute approximate surface area is 170 Å². The number of aromatic nitrogens is 1. The Morgan fingerprint density at radius 2 is 1.62 bits per heavy atom. The second-order valence-electron chi connectivity index (χ2n) is 7.46. The van der Waals surface area contributed by atoms with Crippen molar-refractivity contribution in [2.45, 2.75) is 49.5 Å². The average Bonchev–Trinajstić information content (AvgIpc) is 2.97. The average molecular weight is 414 g/mol. The fraction of sp³-hybridized carbons (Fsp3) is 0.318. The van der Waals surface area contributed by atoms with E-state index >= 15 is 0 Å². The standard InChI is InChI=1S/C22H24FN3O2S/c23-16-10-12-18(13-11-16)29(27,28)26-21-9-5-8-20-19(21)14-15-22(25-20)24-17-6-3-1-2-4-7-17/h5,8-15,17,26H,1-4,6-7H2,(H,24,25). The van der Waals surface area contributed by atoms with Crippen molar-refractivity contribution < 1.29 is 12.8 Å². The maximum Gasteiger partial charge on any atom is 0.261 e. The summed E-state index contributed by atoms with van der Waals surface area (Å²) in [5.41, 5.74) is 1.16. The van der Waals surface area contributed by atoms with Gasteiger partial charge in [-0.05, 0) is 61.4 Å². The molecule has 0 atom stereocenters. The molecule has 2 N–H and O–H groups in total. The number of hydrogen-bond acceptors (Lipinski definition) is 4. The van der Waals surface area contributed by atoms with E-state index in [9.17, 15) is 12.8 Å². The topological polar surface area (TPSA) is 71.1 Å². The summed E-state index contributed by atoms with van der Waals surface area (Å²) in [7, 11) is -3.82. The molecule has 7 heteroatoms. The lowest BCUT2D eigenvalue weighted by atomic mass is 10.1. The minimum Gasteiger partial charge on any atom is -0.367 e. The number of rotatable bonds is 5. The van der Waals surface area contributed by atoms with Gasteiger partial charge in [-0.1, -0.05) is 31.7 Å². The van der Waals surface area contributed by atoms with Crippen molar-refractivity contribution in [1.82, 2.24) is 4.98 Å². The summed E-state index contributed by atoms with van der Waals surface area (Å²) in [6, 6.07) is 14.3. The van der Waals surface area contributed by atoms with Crippen LogP contribution in [0.4, 0.5) is 15.9 Å². The normalized spacial score (nSPS) is 15.8. The molecular weight excluding hydrogens is 389 g/mol. The molecular formula is C22H24FN3O2S. The summed E-state index contributed by atoms with van der Waals surface area (Å²) in [4.78, 5) is 4.69. The molecule has 0 aliphatic heterocycles. The summed E-state index contributed by atoms with van der Waals surface area (Å²) >= 11 is 0. The molecule has 0 amide bonds. The minimum atomic E-state index is -3.82. The van der Waals surface area contributed by atoms with E-state index < -0.39 is 15.8 Å². The minimum absolute atomic E-state index is 0.00973. The van der Waals surface area contributed by atoms with E-state index in [4.69, 9.17) is 0 Å². The predicted octanol–water partition coefficient (Wildman–Crippen LogP) is 5.31. The monoisotopic (exact) mass is 413 g/mol. The third-order valence-electron chi connectivity index (χ3n) is 5.31. The van der Waals surface area contributed by atoms with E-state index in [0.717, 1.165) is 30.8 Å². The lowest BCUT2D eigenvalue weighted by molar-refractivity contribution is 0.599. The van der Waals surface area contributed by atoms with Crippen molar-refractivity contribution in [3.05, 3.63) is 60.4 Å². The van der Waals surface area contributed by atoms with Gasteiger partial charge in [0.15, 0.2) is 0 Å². The smallest absolute Gasteiger partial charge is 0.261 e. The maximum atomic E-state index is 13.1. The molecule has 1 aliphatic carbocycles. The van der Waals surface area contributed by atoms with Gasteiger partial charge >= 0.3 is 0 Å². The first kappa shape index (κ1) is 19.6. The molecule has 0 spiro atoms. The molecule has 1 aromatic heterocycles. The highest BCUT2D eigenvalue weighted by atomic mass is 32.2. The molecule has 5 nitrogen and oxygen atoms in total. The highest BCUT2D eigenvalue weighted by Crippen LogP contribution is 2.27. The van der Waals surface area contributed by atoms with Crippen LogP contribution in [0.2, 0.25) is 0 Å². The fourth-order valence-electron chi connectivity index (χ4n) is 3.77. The molecule has 1 aliphatic rings. The molecule has 1 heterocycles. The van der Waals surface area contributed by atoms with Crippen LogP contribution >= 0.6 is 0 Å². The number of fused-ring (bicyclic) bond motifs is 1. The molecule has 29 heavy (non-hydrogen) atoms. The van der Waals surface area contributed by atoms with Crippen LogP contribution in [0, 0.1) is 5.82 Å². The number of nitrogens with zero attached hydrogens (tertiary/aromatic N) is 1. The van der Waals surface area contributed by atoms with Gasteiger partial charge in [-0.15, -0.1) is 0 Å². The molecule has 152 valence electrons. The van der Waals surface area contributed by atoms with Crippen LogP contribution in [0.1, 0.15) is 38.5 Å². The van der Waals surface area contributed by atoms with Crippen molar-refractivity contribution in [2.75, 3.05) is 10.0 Å². The predicted molar refractivity (Wildman–Crippen MR) is 114 cm³/mol. The molecule has 0 bridgehead atoms. The van der Waals surface area contributed by atoms with Crippen molar-refractivity contribution in [2.24, 2.45) is 0 Å². The zero-order valence-corrected chi connectivity index (χ0v) is 16.9. The van der Waals surface area contributed by atoms with E-state index in [2.05, 4.69) is 15.0 Å². The fourth-order valence-corrected chi connectivity index (χ4v) is 4.85. The van der Waals surface area contributed by atoms with Crippen LogP contribution in [-0.2, 0) is 10.0 Å². The first-order valence-electron chi connectivity index (χ1n) is 9.96. The summed E-state index contributed by atoms with van der Waals surface area (Å²) in [6.07, 6.45) is 7.36. The second-order valence-corrected chi connectivity index (χ2v) is 9.14. The Balaban J connectivity index is 1.58. The molecule has 0 radical (unpaired) electrons. The first-order chi connectivity index (χ1) is 14.0. The maximum absolute atomic E-state index is 13.1. The number of pyridine rings is 1. The van der Waals surface area contributed by atoms with E-state index in [1.165, 1.54) is 37.8 Å². The van der Waals surface area contributed by atoms with E-state index in [1.807, 2.05) is 18.2 Å². The molecule has 0 saturated heterocycles.